The minimum Gasteiger partial charge on any atom is -0.461 e. The Bertz CT molecular complexity index is 818. The number of rotatable bonds is 6. The van der Waals surface area contributed by atoms with Gasteiger partial charge < -0.3 is 9.30 Å². The van der Waals surface area contributed by atoms with Crippen LogP contribution in [0.1, 0.15) is 45.6 Å². The van der Waals surface area contributed by atoms with Gasteiger partial charge in [0.25, 0.3) is 0 Å². The normalized spacial score (nSPS) is 22.4. The van der Waals surface area contributed by atoms with Crippen molar-refractivity contribution in [3.05, 3.63) is 29.8 Å². The first-order valence-corrected chi connectivity index (χ1v) is 11.1. The van der Waals surface area contributed by atoms with Crippen LogP contribution in [-0.4, -0.2) is 32.6 Å². The second-order valence-electron chi connectivity index (χ2n) is 8.32. The van der Waals surface area contributed by atoms with Gasteiger partial charge in [0.2, 0.25) is 0 Å². The van der Waals surface area contributed by atoms with Crippen LogP contribution in [0.3, 0.4) is 0 Å². The third kappa shape index (κ3) is 4.77. The van der Waals surface area contributed by atoms with Crippen LogP contribution in [0.25, 0.3) is 11.4 Å². The fraction of sp³-hybridized carbons (Fsp3) is 0.591. The van der Waals surface area contributed by atoms with E-state index in [1.165, 1.54) is 18.2 Å². The molecule has 0 spiro atoms. The molecule has 6 heteroatoms. The summed E-state index contributed by atoms with van der Waals surface area (Å²) in [6.07, 6.45) is 3.39. The quantitative estimate of drug-likeness (QED) is 0.510. The molecule has 3 rings (SSSR count). The Balaban J connectivity index is 1.61. The van der Waals surface area contributed by atoms with Crippen molar-refractivity contribution in [1.29, 1.82) is 0 Å². The highest BCUT2D eigenvalue weighted by atomic mass is 32.2. The van der Waals surface area contributed by atoms with Crippen molar-refractivity contribution in [1.82, 2.24) is 14.8 Å². The fourth-order valence-corrected chi connectivity index (χ4v) is 4.77. The van der Waals surface area contributed by atoms with Crippen molar-refractivity contribution in [2.24, 2.45) is 24.8 Å². The maximum Gasteiger partial charge on any atom is 0.316 e. The van der Waals surface area contributed by atoms with Crippen molar-refractivity contribution < 1.29 is 9.53 Å². The Labute approximate surface area is 172 Å². The summed E-state index contributed by atoms with van der Waals surface area (Å²) in [5.74, 6) is 2.54. The molecule has 1 aromatic heterocycles. The van der Waals surface area contributed by atoms with Gasteiger partial charge in [0, 0.05) is 12.6 Å². The smallest absolute Gasteiger partial charge is 0.316 e. The molecule has 0 radical (unpaired) electrons. The van der Waals surface area contributed by atoms with E-state index in [9.17, 15) is 4.79 Å². The van der Waals surface area contributed by atoms with Crippen molar-refractivity contribution in [3.63, 3.8) is 0 Å². The van der Waals surface area contributed by atoms with Crippen LogP contribution in [0.4, 0.5) is 0 Å². The first-order valence-electron chi connectivity index (χ1n) is 10.1. The van der Waals surface area contributed by atoms with Gasteiger partial charge >= 0.3 is 5.97 Å². The van der Waals surface area contributed by atoms with Gasteiger partial charge in [-0.3, -0.25) is 4.79 Å². The topological polar surface area (TPSA) is 57.0 Å². The van der Waals surface area contributed by atoms with Crippen LogP contribution in [0.5, 0.6) is 0 Å². The number of hydrogen-bond donors (Lipinski definition) is 0. The zero-order valence-electron chi connectivity index (χ0n) is 17.5. The molecule has 1 aliphatic carbocycles. The van der Waals surface area contributed by atoms with Crippen LogP contribution < -0.4 is 0 Å². The van der Waals surface area contributed by atoms with Crippen molar-refractivity contribution in [2.75, 3.05) is 5.75 Å². The van der Waals surface area contributed by atoms with E-state index in [0.29, 0.717) is 17.8 Å². The zero-order chi connectivity index (χ0) is 20.3. The van der Waals surface area contributed by atoms with Crippen LogP contribution in [0, 0.1) is 24.7 Å². The molecular weight excluding hydrogens is 370 g/mol. The Hall–Kier alpha value is -1.82. The summed E-state index contributed by atoms with van der Waals surface area (Å²) < 4.78 is 7.83. The van der Waals surface area contributed by atoms with Crippen LogP contribution >= 0.6 is 11.8 Å². The molecule has 1 aromatic carbocycles. The van der Waals surface area contributed by atoms with Gasteiger partial charge in [-0.25, -0.2) is 0 Å². The van der Waals surface area contributed by atoms with Crippen molar-refractivity contribution in [3.8, 4) is 11.4 Å². The second kappa shape index (κ2) is 9.12. The Morgan fingerprint density at radius 2 is 2.04 bits per heavy atom. The molecule has 2 aromatic rings. The third-order valence-corrected chi connectivity index (χ3v) is 6.78. The molecule has 3 unspecified atom stereocenters. The minimum atomic E-state index is -0.157. The molecule has 1 fully saturated rings. The van der Waals surface area contributed by atoms with Gasteiger partial charge in [-0.15, -0.1) is 10.2 Å². The molecule has 0 bridgehead atoms. The molecule has 152 valence electrons. The number of aromatic nitrogens is 3. The predicted molar refractivity (Wildman–Crippen MR) is 113 cm³/mol. The number of esters is 1. The average molecular weight is 402 g/mol. The highest BCUT2D eigenvalue weighted by molar-refractivity contribution is 7.99. The summed E-state index contributed by atoms with van der Waals surface area (Å²) in [5.41, 5.74) is 2.21. The van der Waals surface area contributed by atoms with E-state index in [2.05, 4.69) is 44.0 Å². The van der Waals surface area contributed by atoms with E-state index in [1.54, 1.807) is 0 Å². The van der Waals surface area contributed by atoms with Crippen LogP contribution in [0.15, 0.2) is 29.4 Å². The number of thioether (sulfide) groups is 1. The van der Waals surface area contributed by atoms with Crippen molar-refractivity contribution >= 4 is 17.7 Å². The van der Waals surface area contributed by atoms with E-state index in [4.69, 9.17) is 4.74 Å². The lowest BCUT2D eigenvalue weighted by Crippen LogP contribution is -2.36. The summed E-state index contributed by atoms with van der Waals surface area (Å²) in [6.45, 7) is 8.76. The largest absolute Gasteiger partial charge is 0.461 e. The number of carbonyl (C=O) groups excluding carboxylic acids is 1. The molecule has 5 nitrogen and oxygen atoms in total. The lowest BCUT2D eigenvalue weighted by molar-refractivity contribution is -0.152. The molecule has 0 aliphatic heterocycles. The van der Waals surface area contributed by atoms with E-state index >= 15 is 0 Å². The molecule has 1 heterocycles. The number of ether oxygens (including phenoxy) is 1. The maximum atomic E-state index is 12.5. The molecule has 1 aliphatic rings. The second-order valence-corrected chi connectivity index (χ2v) is 9.27. The number of carbonyl (C=O) groups is 1. The molecule has 1 saturated carbocycles. The molecule has 0 saturated heterocycles. The summed E-state index contributed by atoms with van der Waals surface area (Å²) in [4.78, 5) is 12.5. The lowest BCUT2D eigenvalue weighted by Gasteiger charge is -2.36. The zero-order valence-corrected chi connectivity index (χ0v) is 18.3. The Morgan fingerprint density at radius 3 is 2.75 bits per heavy atom. The van der Waals surface area contributed by atoms with E-state index < -0.39 is 0 Å². The van der Waals surface area contributed by atoms with Gasteiger partial charge in [0.05, 0.1) is 5.75 Å². The molecular formula is C22H31N3O2S. The maximum absolute atomic E-state index is 12.5. The van der Waals surface area contributed by atoms with Crippen LogP contribution in [-0.2, 0) is 16.6 Å². The monoisotopic (exact) mass is 401 g/mol. The van der Waals surface area contributed by atoms with E-state index in [1.807, 2.05) is 29.8 Å². The van der Waals surface area contributed by atoms with Crippen LogP contribution in [0.2, 0.25) is 0 Å². The first-order chi connectivity index (χ1) is 13.4. The summed E-state index contributed by atoms with van der Waals surface area (Å²) in [7, 11) is 1.94. The van der Waals surface area contributed by atoms with Gasteiger partial charge in [-0.2, -0.15) is 0 Å². The van der Waals surface area contributed by atoms with Crippen molar-refractivity contribution in [2.45, 2.75) is 58.2 Å². The minimum absolute atomic E-state index is 0.0406. The SMILES string of the molecule is Cc1ccccc1-c1nnc(SCC(=O)OC2CC(C)CCC2C(C)C)n1C. The highest BCUT2D eigenvalue weighted by Gasteiger charge is 2.33. The fourth-order valence-electron chi connectivity index (χ4n) is 4.08. The Morgan fingerprint density at radius 1 is 1.29 bits per heavy atom. The molecule has 0 N–H and O–H groups in total. The lowest BCUT2D eigenvalue weighted by atomic mass is 9.75. The summed E-state index contributed by atoms with van der Waals surface area (Å²) in [5, 5.41) is 9.33. The molecule has 0 amide bonds. The molecule has 3 atom stereocenters. The predicted octanol–water partition coefficient (Wildman–Crippen LogP) is 4.89. The van der Waals surface area contributed by atoms with Gasteiger partial charge in [0.15, 0.2) is 11.0 Å². The van der Waals surface area contributed by atoms with E-state index in [0.717, 1.165) is 34.9 Å². The van der Waals surface area contributed by atoms with E-state index in [-0.39, 0.29) is 17.8 Å². The number of benzene rings is 1. The third-order valence-electron chi connectivity index (χ3n) is 5.78. The van der Waals surface area contributed by atoms with Gasteiger partial charge in [-0.1, -0.05) is 63.2 Å². The summed E-state index contributed by atoms with van der Waals surface area (Å²) >= 11 is 1.39. The number of aryl methyl sites for hydroxylation is 1. The summed E-state index contributed by atoms with van der Waals surface area (Å²) in [6, 6.07) is 8.11. The van der Waals surface area contributed by atoms with Gasteiger partial charge in [-0.05, 0) is 43.1 Å². The standard InChI is InChI=1S/C22H31N3O2S/c1-14(2)17-11-10-15(3)12-19(17)27-20(26)13-28-22-24-23-21(25(22)5)18-9-7-6-8-16(18)4/h6-9,14-15,17,19H,10-13H2,1-5H3. The van der Waals surface area contributed by atoms with Gasteiger partial charge in [0.1, 0.15) is 6.10 Å². The highest BCUT2D eigenvalue weighted by Crippen LogP contribution is 2.35. The number of nitrogens with zero attached hydrogens (tertiary/aromatic N) is 3. The molecule has 28 heavy (non-hydrogen) atoms. The number of hydrogen-bond acceptors (Lipinski definition) is 5. The first kappa shape index (κ1) is 20.9. The Kier molecular flexibility index (Phi) is 6.81. The average Bonchev–Trinajstić information content (AvgIpc) is 3.00.